The zero-order chi connectivity index (χ0) is 19.9. The summed E-state index contributed by atoms with van der Waals surface area (Å²) < 4.78 is 10.2. The van der Waals surface area contributed by atoms with E-state index in [-0.39, 0.29) is 28.9 Å². The number of hydrogen-bond donors (Lipinski definition) is 2. The summed E-state index contributed by atoms with van der Waals surface area (Å²) in [7, 11) is 2.88. The molecular weight excluding hydrogens is 378 g/mol. The maximum atomic E-state index is 12.1. The molecule has 0 radical (unpaired) electrons. The van der Waals surface area contributed by atoms with Crippen molar-refractivity contribution in [3.8, 4) is 17.2 Å². The molecule has 0 unspecified atom stereocenters. The molecule has 0 atom stereocenters. The molecule has 7 nitrogen and oxygen atoms in total. The highest BCUT2D eigenvalue weighted by atomic mass is 32.2. The maximum Gasteiger partial charge on any atom is 0.250 e. The number of nitrogens with zero attached hydrogens (tertiary/aromatic N) is 2. The molecule has 0 spiro atoms. The van der Waals surface area contributed by atoms with Crippen LogP contribution < -0.4 is 14.9 Å². The summed E-state index contributed by atoms with van der Waals surface area (Å²) in [4.78, 5) is 17.4. The smallest absolute Gasteiger partial charge is 0.250 e. The van der Waals surface area contributed by atoms with Gasteiger partial charge in [-0.05, 0) is 24.3 Å². The number of amides is 1. The van der Waals surface area contributed by atoms with E-state index in [2.05, 4.69) is 15.5 Å². The number of benzene rings is 2. The lowest BCUT2D eigenvalue weighted by Gasteiger charge is -2.09. The summed E-state index contributed by atoms with van der Waals surface area (Å²) in [6.45, 7) is 0. The Morgan fingerprint density at radius 1 is 1.21 bits per heavy atom. The van der Waals surface area contributed by atoms with Gasteiger partial charge in [0.1, 0.15) is 0 Å². The third-order valence-electron chi connectivity index (χ3n) is 3.86. The zero-order valence-corrected chi connectivity index (χ0v) is 16.2. The van der Waals surface area contributed by atoms with E-state index in [1.54, 1.807) is 18.3 Å². The Morgan fingerprint density at radius 2 is 1.93 bits per heavy atom. The van der Waals surface area contributed by atoms with Gasteiger partial charge in [-0.2, -0.15) is 5.10 Å². The zero-order valence-electron chi connectivity index (χ0n) is 15.4. The van der Waals surface area contributed by atoms with Crippen LogP contribution in [-0.2, 0) is 4.79 Å². The Labute approximate surface area is 166 Å². The van der Waals surface area contributed by atoms with Gasteiger partial charge in [-0.15, -0.1) is 11.8 Å². The van der Waals surface area contributed by atoms with E-state index >= 15 is 0 Å². The summed E-state index contributed by atoms with van der Waals surface area (Å²) in [5.74, 6) is 0.380. The van der Waals surface area contributed by atoms with Crippen LogP contribution in [0.1, 0.15) is 5.56 Å². The largest absolute Gasteiger partial charge is 0.502 e. The summed E-state index contributed by atoms with van der Waals surface area (Å²) in [6, 6.07) is 12.9. The van der Waals surface area contributed by atoms with E-state index in [0.717, 1.165) is 15.8 Å². The predicted octanol–water partition coefficient (Wildman–Crippen LogP) is 3.20. The Balaban J connectivity index is 1.61. The second-order valence-electron chi connectivity index (χ2n) is 5.69. The molecule has 3 aromatic rings. The molecule has 0 aliphatic rings. The van der Waals surface area contributed by atoms with Crippen molar-refractivity contribution in [3.05, 3.63) is 54.2 Å². The molecule has 2 N–H and O–H groups in total. The number of hydrazone groups is 1. The quantitative estimate of drug-likeness (QED) is 0.361. The van der Waals surface area contributed by atoms with Gasteiger partial charge < -0.3 is 14.6 Å². The van der Waals surface area contributed by atoms with Crippen LogP contribution in [0.5, 0.6) is 17.2 Å². The molecule has 0 aliphatic heterocycles. The monoisotopic (exact) mass is 397 g/mol. The summed E-state index contributed by atoms with van der Waals surface area (Å²) in [5.41, 5.74) is 3.96. The Kier molecular flexibility index (Phi) is 6.33. The van der Waals surface area contributed by atoms with Gasteiger partial charge in [0.15, 0.2) is 11.5 Å². The number of phenolic OH excluding ortho intramolecular Hbond substituents is 1. The molecule has 0 fully saturated rings. The normalized spacial score (nSPS) is 10.9. The molecule has 1 aromatic heterocycles. The SMILES string of the molecule is COc1cc(/C=N/NC(=O)CSc2cccc3cccnc23)cc(OC)c1O. The summed E-state index contributed by atoms with van der Waals surface area (Å²) in [6.07, 6.45) is 3.18. The minimum atomic E-state index is -0.244. The van der Waals surface area contributed by atoms with Gasteiger partial charge in [-0.25, -0.2) is 5.43 Å². The number of carbonyl (C=O) groups excluding carboxylic acids is 1. The van der Waals surface area contributed by atoms with E-state index in [0.29, 0.717) is 5.56 Å². The first-order chi connectivity index (χ1) is 13.6. The van der Waals surface area contributed by atoms with Gasteiger partial charge in [0.25, 0.3) is 0 Å². The van der Waals surface area contributed by atoms with Crippen LogP contribution in [0.15, 0.2) is 58.7 Å². The van der Waals surface area contributed by atoms with Gasteiger partial charge in [0.05, 0.1) is 31.7 Å². The predicted molar refractivity (Wildman–Crippen MR) is 109 cm³/mol. The molecular formula is C20H19N3O4S. The molecule has 28 heavy (non-hydrogen) atoms. The van der Waals surface area contributed by atoms with Crippen LogP contribution in [-0.4, -0.2) is 42.2 Å². The molecule has 2 aromatic carbocycles. The number of nitrogens with one attached hydrogen (secondary N) is 1. The molecule has 0 saturated carbocycles. The minimum Gasteiger partial charge on any atom is -0.502 e. The van der Waals surface area contributed by atoms with Crippen molar-refractivity contribution in [1.82, 2.24) is 10.4 Å². The van der Waals surface area contributed by atoms with Crippen molar-refractivity contribution >= 4 is 34.8 Å². The fourth-order valence-electron chi connectivity index (χ4n) is 2.54. The standard InChI is InChI=1S/C20H19N3O4S/c1-26-15-9-13(10-16(27-2)20(15)25)11-22-23-18(24)12-28-17-7-3-5-14-6-4-8-21-19(14)17/h3-11,25H,12H2,1-2H3,(H,23,24)/b22-11+. The van der Waals surface area contributed by atoms with Crippen molar-refractivity contribution in [2.24, 2.45) is 5.10 Å². The van der Waals surface area contributed by atoms with Crippen LogP contribution in [0.25, 0.3) is 10.9 Å². The Morgan fingerprint density at radius 3 is 2.64 bits per heavy atom. The topological polar surface area (TPSA) is 93.0 Å². The number of thioether (sulfide) groups is 1. The number of aromatic hydroxyl groups is 1. The number of aromatic nitrogens is 1. The fraction of sp³-hybridized carbons (Fsp3) is 0.150. The Bertz CT molecular complexity index is 993. The third kappa shape index (κ3) is 4.52. The Hall–Kier alpha value is -3.26. The second-order valence-corrected chi connectivity index (χ2v) is 6.70. The number of methoxy groups -OCH3 is 2. The van der Waals surface area contributed by atoms with Crippen molar-refractivity contribution in [2.75, 3.05) is 20.0 Å². The lowest BCUT2D eigenvalue weighted by atomic mass is 10.2. The van der Waals surface area contributed by atoms with Crippen LogP contribution >= 0.6 is 11.8 Å². The molecule has 1 heterocycles. The maximum absolute atomic E-state index is 12.1. The highest BCUT2D eigenvalue weighted by Crippen LogP contribution is 2.36. The van der Waals surface area contributed by atoms with Crippen LogP contribution in [0.2, 0.25) is 0 Å². The summed E-state index contributed by atoms with van der Waals surface area (Å²) in [5, 5.41) is 14.9. The molecule has 1 amide bonds. The van der Waals surface area contributed by atoms with Crippen molar-refractivity contribution in [2.45, 2.75) is 4.90 Å². The van der Waals surface area contributed by atoms with E-state index in [4.69, 9.17) is 9.47 Å². The van der Waals surface area contributed by atoms with Crippen molar-refractivity contribution in [3.63, 3.8) is 0 Å². The average molecular weight is 397 g/mol. The summed E-state index contributed by atoms with van der Waals surface area (Å²) >= 11 is 1.40. The molecule has 0 aliphatic carbocycles. The van der Waals surface area contributed by atoms with E-state index in [1.807, 2.05) is 30.3 Å². The highest BCUT2D eigenvalue weighted by Gasteiger charge is 2.10. The molecule has 3 rings (SSSR count). The molecule has 8 heteroatoms. The van der Waals surface area contributed by atoms with Gasteiger partial charge in [0, 0.05) is 22.0 Å². The number of hydrogen-bond acceptors (Lipinski definition) is 7. The number of para-hydroxylation sites is 1. The number of phenols is 1. The van der Waals surface area contributed by atoms with Crippen molar-refractivity contribution in [1.29, 1.82) is 0 Å². The highest BCUT2D eigenvalue weighted by molar-refractivity contribution is 8.00. The number of ether oxygens (including phenoxy) is 2. The van der Waals surface area contributed by atoms with Crippen LogP contribution in [0.3, 0.4) is 0 Å². The van der Waals surface area contributed by atoms with E-state index in [1.165, 1.54) is 32.2 Å². The lowest BCUT2D eigenvalue weighted by Crippen LogP contribution is -2.19. The van der Waals surface area contributed by atoms with Crippen LogP contribution in [0.4, 0.5) is 0 Å². The van der Waals surface area contributed by atoms with Gasteiger partial charge in [-0.1, -0.05) is 18.2 Å². The molecule has 144 valence electrons. The van der Waals surface area contributed by atoms with Gasteiger partial charge in [-0.3, -0.25) is 9.78 Å². The van der Waals surface area contributed by atoms with E-state index in [9.17, 15) is 9.90 Å². The van der Waals surface area contributed by atoms with E-state index < -0.39 is 0 Å². The molecule has 0 saturated heterocycles. The van der Waals surface area contributed by atoms with Crippen LogP contribution in [0, 0.1) is 0 Å². The first-order valence-electron chi connectivity index (χ1n) is 8.36. The number of pyridine rings is 1. The van der Waals surface area contributed by atoms with Crippen molar-refractivity contribution < 1.29 is 19.4 Å². The first kappa shape index (κ1) is 19.5. The number of carbonyl (C=O) groups is 1. The number of rotatable bonds is 7. The lowest BCUT2D eigenvalue weighted by molar-refractivity contribution is -0.118. The van der Waals surface area contributed by atoms with Gasteiger partial charge >= 0.3 is 0 Å². The minimum absolute atomic E-state index is 0.0914. The second kappa shape index (κ2) is 9.09. The average Bonchev–Trinajstić information content (AvgIpc) is 2.73. The molecule has 0 bridgehead atoms. The third-order valence-corrected chi connectivity index (χ3v) is 4.91. The fourth-order valence-corrected chi connectivity index (χ4v) is 3.37. The number of fused-ring (bicyclic) bond motifs is 1. The first-order valence-corrected chi connectivity index (χ1v) is 9.34. The van der Waals surface area contributed by atoms with Gasteiger partial charge in [0.2, 0.25) is 11.7 Å².